The number of fused-ring (bicyclic) bond motifs is 2. The molecule has 4 aromatic rings. The minimum atomic E-state index is -2.19. The molecule has 0 amide bonds. The first-order chi connectivity index (χ1) is 17.5. The van der Waals surface area contributed by atoms with Gasteiger partial charge in [-0.2, -0.15) is 0 Å². The molecule has 0 aliphatic carbocycles. The summed E-state index contributed by atoms with van der Waals surface area (Å²) in [6, 6.07) is 17.2. The molecule has 0 spiro atoms. The molecule has 186 valence electrons. The van der Waals surface area contributed by atoms with Crippen LogP contribution >= 0.6 is 0 Å². The summed E-state index contributed by atoms with van der Waals surface area (Å²) in [4.78, 5) is 24.4. The van der Waals surface area contributed by atoms with Gasteiger partial charge in [-0.1, -0.05) is 36.4 Å². The molecule has 0 bridgehead atoms. The van der Waals surface area contributed by atoms with Gasteiger partial charge in [-0.05, 0) is 72.5 Å². The third kappa shape index (κ3) is 6.10. The minimum Gasteiger partial charge on any atom is -0.543 e. The molecule has 4 N–H and O–H groups in total. The fraction of sp³-hybridized carbons (Fsp3) is 0.214. The molecule has 6 rings (SSSR count). The number of benzene rings is 2. The number of aliphatic carboxylic acids is 2. The predicted octanol–water partition coefficient (Wildman–Crippen LogP) is 1.58. The van der Waals surface area contributed by atoms with Crippen molar-refractivity contribution in [3.63, 3.8) is 0 Å². The maximum Gasteiger partial charge on any atom is 0.0870 e. The standard InChI is InChI=1S/2C13H14N2.C2H2O4/c2*1-4-11(10-3-2-7-14-9-10)12-6-8-15-13(12)5-1;3-1(4)2(5)6/h2*1,3-6,8,14-15H,2,7,9H2;(H,3,4)(H,5,6)/p-2. The lowest BCUT2D eigenvalue weighted by molar-refractivity contribution is -0.345. The van der Waals surface area contributed by atoms with E-state index < -0.39 is 11.9 Å². The highest BCUT2D eigenvalue weighted by atomic mass is 16.4. The van der Waals surface area contributed by atoms with Crippen molar-refractivity contribution >= 4 is 44.9 Å². The Kier molecular flexibility index (Phi) is 8.33. The molecule has 36 heavy (non-hydrogen) atoms. The summed E-state index contributed by atoms with van der Waals surface area (Å²) in [5, 5.41) is 27.3. The minimum absolute atomic E-state index is 0.990. The Labute approximate surface area is 208 Å². The van der Waals surface area contributed by atoms with Gasteiger partial charge in [0.2, 0.25) is 0 Å². The van der Waals surface area contributed by atoms with E-state index in [1.165, 1.54) is 44.1 Å². The van der Waals surface area contributed by atoms with E-state index in [0.717, 1.165) is 39.0 Å². The Bertz CT molecular complexity index is 1310. The van der Waals surface area contributed by atoms with E-state index in [2.05, 4.69) is 81.3 Å². The van der Waals surface area contributed by atoms with Gasteiger partial charge >= 0.3 is 0 Å². The molecule has 0 saturated carbocycles. The Hall–Kier alpha value is -4.14. The molecule has 2 aromatic carbocycles. The van der Waals surface area contributed by atoms with Crippen molar-refractivity contribution in [2.75, 3.05) is 26.2 Å². The fourth-order valence-electron chi connectivity index (χ4n) is 4.43. The Morgan fingerprint density at radius 3 is 1.44 bits per heavy atom. The average Bonchev–Trinajstić information content (AvgIpc) is 3.60. The molecule has 2 aromatic heterocycles. The highest BCUT2D eigenvalue weighted by Gasteiger charge is 2.10. The van der Waals surface area contributed by atoms with Gasteiger partial charge in [-0.15, -0.1) is 0 Å². The third-order valence-electron chi connectivity index (χ3n) is 6.10. The normalized spacial score (nSPS) is 15.1. The van der Waals surface area contributed by atoms with Crippen LogP contribution in [0.4, 0.5) is 0 Å². The van der Waals surface area contributed by atoms with Crippen LogP contribution in [0, 0.1) is 0 Å². The quantitative estimate of drug-likeness (QED) is 0.319. The molecule has 0 atom stereocenters. The second-order valence-corrected chi connectivity index (χ2v) is 8.45. The van der Waals surface area contributed by atoms with E-state index in [1.54, 1.807) is 0 Å². The van der Waals surface area contributed by atoms with E-state index in [9.17, 15) is 0 Å². The molecule has 0 saturated heterocycles. The van der Waals surface area contributed by atoms with Crippen LogP contribution in [0.1, 0.15) is 24.0 Å². The lowest BCUT2D eigenvalue weighted by Crippen LogP contribution is -2.42. The second kappa shape index (κ2) is 12.0. The van der Waals surface area contributed by atoms with Crippen LogP contribution in [0.3, 0.4) is 0 Å². The lowest BCUT2D eigenvalue weighted by Gasteiger charge is -2.15. The largest absolute Gasteiger partial charge is 0.543 e. The van der Waals surface area contributed by atoms with Crippen molar-refractivity contribution in [3.05, 3.63) is 84.2 Å². The van der Waals surface area contributed by atoms with Crippen molar-refractivity contribution in [1.82, 2.24) is 20.6 Å². The number of hydrogen-bond donors (Lipinski definition) is 4. The number of H-pyrrole nitrogens is 2. The first-order valence-electron chi connectivity index (χ1n) is 11.9. The van der Waals surface area contributed by atoms with Crippen molar-refractivity contribution in [2.24, 2.45) is 0 Å². The molecule has 2 aliphatic heterocycles. The van der Waals surface area contributed by atoms with Gasteiger partial charge in [0.15, 0.2) is 0 Å². The number of aromatic nitrogens is 2. The van der Waals surface area contributed by atoms with Crippen LogP contribution in [-0.4, -0.2) is 48.1 Å². The first kappa shape index (κ1) is 25.0. The molecule has 4 heterocycles. The molecule has 8 nitrogen and oxygen atoms in total. The number of hydrogen-bond acceptors (Lipinski definition) is 6. The monoisotopic (exact) mass is 484 g/mol. The summed E-state index contributed by atoms with van der Waals surface area (Å²) in [6.45, 7) is 4.19. The number of nitrogens with one attached hydrogen (secondary N) is 4. The molecule has 0 unspecified atom stereocenters. The summed E-state index contributed by atoms with van der Waals surface area (Å²) in [5.74, 6) is -4.37. The SMILES string of the molecule is C1=C(c2cccc3[nH]ccc23)CNCC1.C1=C(c2cccc3[nH]ccc23)CNCC1.O=C([O-])C(=O)[O-]. The number of carboxylic acids is 2. The van der Waals surface area contributed by atoms with E-state index in [1.807, 2.05) is 12.4 Å². The van der Waals surface area contributed by atoms with Gasteiger partial charge < -0.3 is 40.4 Å². The van der Waals surface area contributed by atoms with Crippen LogP contribution in [0.5, 0.6) is 0 Å². The number of rotatable bonds is 2. The Balaban J connectivity index is 0.000000139. The summed E-state index contributed by atoms with van der Waals surface area (Å²) >= 11 is 0. The summed E-state index contributed by atoms with van der Waals surface area (Å²) < 4.78 is 0. The highest BCUT2D eigenvalue weighted by Crippen LogP contribution is 2.26. The van der Waals surface area contributed by atoms with Crippen LogP contribution in [0.25, 0.3) is 33.0 Å². The lowest BCUT2D eigenvalue weighted by atomic mass is 9.99. The highest BCUT2D eigenvalue weighted by molar-refractivity contribution is 6.25. The van der Waals surface area contributed by atoms with Gasteiger partial charge in [0.1, 0.15) is 0 Å². The molecule has 2 aliphatic rings. The Morgan fingerprint density at radius 1 is 0.639 bits per heavy atom. The van der Waals surface area contributed by atoms with Crippen LogP contribution < -0.4 is 20.8 Å². The zero-order valence-electron chi connectivity index (χ0n) is 19.8. The van der Waals surface area contributed by atoms with E-state index in [4.69, 9.17) is 19.8 Å². The van der Waals surface area contributed by atoms with Crippen LogP contribution in [-0.2, 0) is 9.59 Å². The van der Waals surface area contributed by atoms with Crippen molar-refractivity contribution < 1.29 is 19.8 Å². The third-order valence-corrected chi connectivity index (χ3v) is 6.10. The second-order valence-electron chi connectivity index (χ2n) is 8.45. The Morgan fingerprint density at radius 2 is 1.08 bits per heavy atom. The molecular weight excluding hydrogens is 456 g/mol. The zero-order chi connectivity index (χ0) is 25.3. The van der Waals surface area contributed by atoms with Crippen molar-refractivity contribution in [1.29, 1.82) is 0 Å². The first-order valence-corrected chi connectivity index (χ1v) is 11.9. The summed E-state index contributed by atoms with van der Waals surface area (Å²) in [5.41, 5.74) is 8.01. The van der Waals surface area contributed by atoms with Gasteiger partial charge in [0.05, 0.1) is 11.9 Å². The fourth-order valence-corrected chi connectivity index (χ4v) is 4.43. The zero-order valence-corrected chi connectivity index (χ0v) is 19.8. The van der Waals surface area contributed by atoms with E-state index in [0.29, 0.717) is 0 Å². The molecule has 0 radical (unpaired) electrons. The van der Waals surface area contributed by atoms with Crippen LogP contribution in [0.2, 0.25) is 0 Å². The number of aromatic amines is 2. The number of carbonyl (C=O) groups excluding carboxylic acids is 2. The molecule has 0 fully saturated rings. The van der Waals surface area contributed by atoms with Gasteiger partial charge in [-0.3, -0.25) is 0 Å². The maximum absolute atomic E-state index is 8.93. The summed E-state index contributed by atoms with van der Waals surface area (Å²) in [7, 11) is 0. The topological polar surface area (TPSA) is 136 Å². The number of carboxylic acid groups (broad SMARTS) is 2. The van der Waals surface area contributed by atoms with E-state index >= 15 is 0 Å². The van der Waals surface area contributed by atoms with Gasteiger partial charge in [0, 0.05) is 47.3 Å². The average molecular weight is 485 g/mol. The molecular formula is C28H28N4O4-2. The smallest absolute Gasteiger partial charge is 0.0870 e. The number of carbonyl (C=O) groups is 2. The van der Waals surface area contributed by atoms with E-state index in [-0.39, 0.29) is 0 Å². The maximum atomic E-state index is 8.93. The molecule has 8 heteroatoms. The van der Waals surface area contributed by atoms with Gasteiger partial charge in [-0.25, -0.2) is 0 Å². The van der Waals surface area contributed by atoms with Gasteiger partial charge in [0.25, 0.3) is 0 Å². The van der Waals surface area contributed by atoms with Crippen molar-refractivity contribution in [2.45, 2.75) is 12.8 Å². The van der Waals surface area contributed by atoms with Crippen molar-refractivity contribution in [3.8, 4) is 0 Å². The van der Waals surface area contributed by atoms with Crippen LogP contribution in [0.15, 0.2) is 73.1 Å². The predicted molar refractivity (Wildman–Crippen MR) is 138 cm³/mol. The summed E-state index contributed by atoms with van der Waals surface area (Å²) in [6.07, 6.45) is 11.0.